The molecule has 0 unspecified atom stereocenters. The van der Waals surface area contributed by atoms with Crippen molar-refractivity contribution in [2.75, 3.05) is 7.11 Å². The molecular weight excluding hydrogens is 510 g/mol. The number of hydrogen-bond acceptors (Lipinski definition) is 5. The SMILES string of the molecule is COc1cccc2c(Br)c([C@H](C)NC(=O)c3c(C)nn4cccnc34)n(-c3ccccc3)c(=O)c12. The Kier molecular flexibility index (Phi) is 5.86. The van der Waals surface area contributed by atoms with Gasteiger partial charge in [-0.25, -0.2) is 9.50 Å². The van der Waals surface area contributed by atoms with E-state index in [4.69, 9.17) is 4.74 Å². The van der Waals surface area contributed by atoms with Crippen molar-refractivity contribution in [3.05, 3.63) is 98.8 Å². The molecule has 0 saturated carbocycles. The molecule has 0 bridgehead atoms. The molecule has 176 valence electrons. The molecule has 0 aliphatic carbocycles. The zero-order valence-electron chi connectivity index (χ0n) is 19.3. The van der Waals surface area contributed by atoms with Gasteiger partial charge in [0.05, 0.1) is 29.9 Å². The van der Waals surface area contributed by atoms with Gasteiger partial charge in [0.1, 0.15) is 11.3 Å². The maximum Gasteiger partial charge on any atom is 0.267 e. The van der Waals surface area contributed by atoms with Crippen LogP contribution >= 0.6 is 15.9 Å². The first-order chi connectivity index (χ1) is 16.9. The fraction of sp³-hybridized carbons (Fsp3) is 0.154. The van der Waals surface area contributed by atoms with Gasteiger partial charge in [-0.3, -0.25) is 14.2 Å². The number of fused-ring (bicyclic) bond motifs is 2. The lowest BCUT2D eigenvalue weighted by Gasteiger charge is -2.23. The van der Waals surface area contributed by atoms with Gasteiger partial charge in [0.2, 0.25) is 0 Å². The maximum absolute atomic E-state index is 13.9. The lowest BCUT2D eigenvalue weighted by atomic mass is 10.1. The third-order valence-corrected chi connectivity index (χ3v) is 6.77. The molecule has 8 nitrogen and oxygen atoms in total. The van der Waals surface area contributed by atoms with E-state index in [-0.39, 0.29) is 11.5 Å². The third kappa shape index (κ3) is 3.77. The van der Waals surface area contributed by atoms with E-state index >= 15 is 0 Å². The predicted octanol–water partition coefficient (Wildman–Crippen LogP) is 4.60. The highest BCUT2D eigenvalue weighted by atomic mass is 79.9. The molecule has 0 fully saturated rings. The van der Waals surface area contributed by atoms with Crippen molar-refractivity contribution < 1.29 is 9.53 Å². The van der Waals surface area contributed by atoms with Crippen molar-refractivity contribution >= 4 is 38.3 Å². The van der Waals surface area contributed by atoms with E-state index in [1.807, 2.05) is 49.4 Å². The molecule has 35 heavy (non-hydrogen) atoms. The summed E-state index contributed by atoms with van der Waals surface area (Å²) in [6.07, 6.45) is 3.37. The summed E-state index contributed by atoms with van der Waals surface area (Å²) in [6.45, 7) is 3.61. The van der Waals surface area contributed by atoms with E-state index in [0.29, 0.717) is 49.3 Å². The highest BCUT2D eigenvalue weighted by Crippen LogP contribution is 2.35. The molecule has 2 aromatic carbocycles. The Hall–Kier alpha value is -3.98. The summed E-state index contributed by atoms with van der Waals surface area (Å²) in [5.41, 5.74) is 2.48. The summed E-state index contributed by atoms with van der Waals surface area (Å²) >= 11 is 3.73. The molecule has 0 saturated heterocycles. The summed E-state index contributed by atoms with van der Waals surface area (Å²) in [7, 11) is 1.54. The summed E-state index contributed by atoms with van der Waals surface area (Å²) in [5.74, 6) is 0.155. The summed E-state index contributed by atoms with van der Waals surface area (Å²) < 4.78 is 9.38. The van der Waals surface area contributed by atoms with Crippen LogP contribution in [0, 0.1) is 6.92 Å². The van der Waals surface area contributed by atoms with Crippen molar-refractivity contribution in [3.8, 4) is 11.4 Å². The number of benzene rings is 2. The number of carbonyl (C=O) groups is 1. The predicted molar refractivity (Wildman–Crippen MR) is 137 cm³/mol. The second-order valence-corrected chi connectivity index (χ2v) is 8.89. The van der Waals surface area contributed by atoms with E-state index in [1.54, 1.807) is 47.6 Å². The molecule has 0 aliphatic heterocycles. The largest absolute Gasteiger partial charge is 0.496 e. The van der Waals surface area contributed by atoms with Gasteiger partial charge in [-0.2, -0.15) is 5.10 Å². The molecular formula is C26H22BrN5O3. The smallest absolute Gasteiger partial charge is 0.267 e. The van der Waals surface area contributed by atoms with Crippen LogP contribution in [0.15, 0.2) is 76.3 Å². The summed E-state index contributed by atoms with van der Waals surface area (Å²) in [4.78, 5) is 31.6. The van der Waals surface area contributed by atoms with Crippen molar-refractivity contribution in [3.63, 3.8) is 0 Å². The number of para-hydroxylation sites is 1. The monoisotopic (exact) mass is 531 g/mol. The number of nitrogens with one attached hydrogen (secondary N) is 1. The molecule has 1 atom stereocenters. The molecule has 3 heterocycles. The maximum atomic E-state index is 13.9. The number of amides is 1. The lowest BCUT2D eigenvalue weighted by Crippen LogP contribution is -2.33. The van der Waals surface area contributed by atoms with Crippen molar-refractivity contribution in [2.24, 2.45) is 0 Å². The number of aryl methyl sites for hydroxylation is 1. The Morgan fingerprint density at radius 1 is 1.11 bits per heavy atom. The van der Waals surface area contributed by atoms with Gasteiger partial charge < -0.3 is 10.1 Å². The second kappa shape index (κ2) is 8.99. The Labute approximate surface area is 209 Å². The molecule has 1 N–H and O–H groups in total. The van der Waals surface area contributed by atoms with Crippen molar-refractivity contribution in [1.29, 1.82) is 0 Å². The first-order valence-corrected chi connectivity index (χ1v) is 11.8. The average Bonchev–Trinajstić information content (AvgIpc) is 3.21. The number of methoxy groups -OCH3 is 1. The van der Waals surface area contributed by atoms with Crippen LogP contribution in [0.3, 0.4) is 0 Å². The number of nitrogens with zero attached hydrogens (tertiary/aromatic N) is 4. The lowest BCUT2D eigenvalue weighted by molar-refractivity contribution is 0.0939. The van der Waals surface area contributed by atoms with Crippen molar-refractivity contribution in [2.45, 2.75) is 19.9 Å². The van der Waals surface area contributed by atoms with Gasteiger partial charge >= 0.3 is 0 Å². The van der Waals surface area contributed by atoms with Crippen LogP contribution in [0.1, 0.15) is 34.7 Å². The zero-order valence-corrected chi connectivity index (χ0v) is 20.9. The minimum absolute atomic E-state index is 0.239. The van der Waals surface area contributed by atoms with Crippen LogP contribution in [-0.4, -0.2) is 32.2 Å². The fourth-order valence-corrected chi connectivity index (χ4v) is 5.23. The first kappa shape index (κ1) is 22.8. The minimum Gasteiger partial charge on any atom is -0.496 e. The molecule has 5 rings (SSSR count). The van der Waals surface area contributed by atoms with Gasteiger partial charge in [0.15, 0.2) is 5.65 Å². The summed E-state index contributed by atoms with van der Waals surface area (Å²) in [5, 5.41) is 8.59. The van der Waals surface area contributed by atoms with Crippen LogP contribution in [0.5, 0.6) is 5.75 Å². The Balaban J connectivity index is 1.69. The molecule has 5 aromatic rings. The molecule has 9 heteroatoms. The van der Waals surface area contributed by atoms with E-state index < -0.39 is 6.04 Å². The van der Waals surface area contributed by atoms with Crippen LogP contribution in [0.4, 0.5) is 0 Å². The standard InChI is InChI=1S/C26H22BrN5O3/c1-15-20(24-28-13-8-14-31(24)30-15)25(33)29-16(2)23-22(27)18-11-7-12-19(35-3)21(18)26(34)32(23)17-9-5-4-6-10-17/h4-14,16H,1-3H3,(H,29,33)/t16-/m0/s1. The van der Waals surface area contributed by atoms with E-state index in [1.165, 1.54) is 0 Å². The topological polar surface area (TPSA) is 90.5 Å². The van der Waals surface area contributed by atoms with Crippen LogP contribution in [0.25, 0.3) is 22.1 Å². The number of rotatable bonds is 5. The van der Waals surface area contributed by atoms with E-state index in [2.05, 4.69) is 31.3 Å². The highest BCUT2D eigenvalue weighted by Gasteiger charge is 2.26. The Morgan fingerprint density at radius 2 is 1.89 bits per heavy atom. The number of pyridine rings is 1. The second-order valence-electron chi connectivity index (χ2n) is 8.10. The van der Waals surface area contributed by atoms with Gasteiger partial charge in [-0.15, -0.1) is 0 Å². The average molecular weight is 532 g/mol. The summed E-state index contributed by atoms with van der Waals surface area (Å²) in [6, 6.07) is 16.0. The van der Waals surface area contributed by atoms with Crippen LogP contribution in [0.2, 0.25) is 0 Å². The zero-order chi connectivity index (χ0) is 24.7. The fourth-order valence-electron chi connectivity index (χ4n) is 4.38. The van der Waals surface area contributed by atoms with Gasteiger partial charge in [-0.1, -0.05) is 30.3 Å². The normalized spacial score (nSPS) is 12.1. The quantitative estimate of drug-likeness (QED) is 0.357. The molecule has 0 spiro atoms. The van der Waals surface area contributed by atoms with Gasteiger partial charge in [-0.05, 0) is 54.0 Å². The van der Waals surface area contributed by atoms with E-state index in [0.717, 1.165) is 0 Å². The molecule has 0 aliphatic rings. The van der Waals surface area contributed by atoms with Crippen LogP contribution in [-0.2, 0) is 0 Å². The number of aromatic nitrogens is 4. The van der Waals surface area contributed by atoms with Gasteiger partial charge in [0.25, 0.3) is 11.5 Å². The molecule has 3 aromatic heterocycles. The first-order valence-electron chi connectivity index (χ1n) is 11.0. The Morgan fingerprint density at radius 3 is 2.63 bits per heavy atom. The van der Waals surface area contributed by atoms with E-state index in [9.17, 15) is 9.59 Å². The number of halogens is 1. The molecule has 0 radical (unpaired) electrons. The minimum atomic E-state index is -0.543. The number of carbonyl (C=O) groups excluding carboxylic acids is 1. The van der Waals surface area contributed by atoms with Crippen LogP contribution < -0.4 is 15.6 Å². The highest BCUT2D eigenvalue weighted by molar-refractivity contribution is 9.10. The van der Waals surface area contributed by atoms with Crippen molar-refractivity contribution in [1.82, 2.24) is 24.5 Å². The Bertz CT molecular complexity index is 1640. The number of ether oxygens (including phenoxy) is 1. The third-order valence-electron chi connectivity index (χ3n) is 5.93. The van der Waals surface area contributed by atoms with Gasteiger partial charge in [0, 0.05) is 27.9 Å². The number of hydrogen-bond donors (Lipinski definition) is 1. The molecule has 1 amide bonds.